The molecule has 2 aromatic carbocycles. The van der Waals surface area contributed by atoms with E-state index in [1.54, 1.807) is 30.3 Å². The van der Waals surface area contributed by atoms with Gasteiger partial charge in [0, 0.05) is 11.8 Å². The second kappa shape index (κ2) is 8.96. The number of carbonyl (C=O) groups excluding carboxylic acids is 1. The van der Waals surface area contributed by atoms with Crippen LogP contribution in [-0.2, 0) is 24.6 Å². The van der Waals surface area contributed by atoms with Crippen molar-refractivity contribution in [3.05, 3.63) is 71.0 Å². The van der Waals surface area contributed by atoms with Crippen molar-refractivity contribution in [2.45, 2.75) is 62.5 Å². The molecule has 4 nitrogen and oxygen atoms in total. The lowest BCUT2D eigenvalue weighted by molar-refractivity contribution is -0.364. The summed E-state index contributed by atoms with van der Waals surface area (Å²) in [6.07, 6.45) is -3.12. The molecule has 2 aliphatic rings. The number of hydrogen-bond donors (Lipinski definition) is 0. The molecule has 1 saturated carbocycles. The van der Waals surface area contributed by atoms with Crippen LogP contribution in [0.4, 0.5) is 17.6 Å². The van der Waals surface area contributed by atoms with Crippen molar-refractivity contribution < 1.29 is 36.6 Å². The van der Waals surface area contributed by atoms with Crippen LogP contribution in [0.25, 0.3) is 0 Å². The van der Waals surface area contributed by atoms with Crippen LogP contribution in [0.5, 0.6) is 0 Å². The van der Waals surface area contributed by atoms with E-state index in [1.807, 2.05) is 6.07 Å². The van der Waals surface area contributed by atoms with E-state index < -0.39 is 23.5 Å². The highest BCUT2D eigenvalue weighted by Crippen LogP contribution is 2.57. The molecule has 0 radical (unpaired) electrons. The van der Waals surface area contributed by atoms with Gasteiger partial charge in [0.05, 0.1) is 30.8 Å². The van der Waals surface area contributed by atoms with Crippen molar-refractivity contribution in [3.63, 3.8) is 0 Å². The first kappa shape index (κ1) is 24.7. The van der Waals surface area contributed by atoms with Crippen molar-refractivity contribution in [2.24, 2.45) is 5.92 Å². The molecule has 0 aromatic heterocycles. The summed E-state index contributed by atoms with van der Waals surface area (Å²) >= 11 is 0. The number of methoxy groups -OCH3 is 1. The van der Waals surface area contributed by atoms with E-state index in [-0.39, 0.29) is 23.6 Å². The maximum Gasteiger partial charge on any atom is 0.523 e. The highest BCUT2D eigenvalue weighted by Gasteiger charge is 2.57. The van der Waals surface area contributed by atoms with E-state index in [9.17, 15) is 22.4 Å². The Labute approximate surface area is 196 Å². The lowest BCUT2D eigenvalue weighted by Crippen LogP contribution is -2.35. The number of halogens is 4. The van der Waals surface area contributed by atoms with Gasteiger partial charge in [0.25, 0.3) is 0 Å². The van der Waals surface area contributed by atoms with Gasteiger partial charge in [-0.15, -0.1) is 13.2 Å². The molecule has 4 atom stereocenters. The Hall–Kier alpha value is -2.45. The molecule has 2 aromatic rings. The summed E-state index contributed by atoms with van der Waals surface area (Å²) in [4.78, 5) is 12.6. The van der Waals surface area contributed by atoms with E-state index >= 15 is 0 Å². The monoisotopic (exact) mass is 480 g/mol. The van der Waals surface area contributed by atoms with E-state index in [1.165, 1.54) is 33.1 Å². The molecule has 1 heterocycles. The van der Waals surface area contributed by atoms with Crippen LogP contribution in [0.15, 0.2) is 48.5 Å². The minimum atomic E-state index is -4.78. The van der Waals surface area contributed by atoms with E-state index in [0.29, 0.717) is 31.4 Å². The van der Waals surface area contributed by atoms with Crippen molar-refractivity contribution in [3.8, 4) is 0 Å². The Kier molecular flexibility index (Phi) is 6.50. The molecule has 0 amide bonds. The quantitative estimate of drug-likeness (QED) is 0.377. The van der Waals surface area contributed by atoms with Crippen molar-refractivity contribution in [1.82, 2.24) is 0 Å². The molecule has 1 aliphatic heterocycles. The molecule has 4 rings (SSSR count). The zero-order valence-corrected chi connectivity index (χ0v) is 19.3. The first-order valence-corrected chi connectivity index (χ1v) is 11.3. The van der Waals surface area contributed by atoms with Gasteiger partial charge in [0.1, 0.15) is 5.82 Å². The molecule has 1 spiro atoms. The van der Waals surface area contributed by atoms with Crippen molar-refractivity contribution >= 4 is 5.97 Å². The zero-order valence-electron chi connectivity index (χ0n) is 19.3. The van der Waals surface area contributed by atoms with Crippen molar-refractivity contribution in [1.29, 1.82) is 0 Å². The maximum absolute atomic E-state index is 13.6. The fourth-order valence-corrected chi connectivity index (χ4v) is 5.84. The van der Waals surface area contributed by atoms with Crippen LogP contribution < -0.4 is 0 Å². The van der Waals surface area contributed by atoms with Crippen LogP contribution in [0.1, 0.15) is 61.6 Å². The fraction of sp³-hybridized carbons (Fsp3) is 0.500. The van der Waals surface area contributed by atoms with Crippen LogP contribution >= 0.6 is 0 Å². The zero-order chi connectivity index (χ0) is 24.7. The molecule has 2 fully saturated rings. The van der Waals surface area contributed by atoms with Gasteiger partial charge in [-0.25, -0.2) is 4.39 Å². The first-order valence-electron chi connectivity index (χ1n) is 11.3. The summed E-state index contributed by atoms with van der Waals surface area (Å²) in [5, 5.41) is 0. The Morgan fingerprint density at radius 2 is 1.76 bits per heavy atom. The third-order valence-electron chi connectivity index (χ3n) is 7.16. The van der Waals surface area contributed by atoms with E-state index in [0.717, 1.165) is 11.1 Å². The van der Waals surface area contributed by atoms with Crippen LogP contribution in [0, 0.1) is 11.7 Å². The molecular formula is C26H28F4O4. The number of alkyl halides is 3. The van der Waals surface area contributed by atoms with Gasteiger partial charge in [-0.2, -0.15) is 0 Å². The van der Waals surface area contributed by atoms with Crippen LogP contribution in [0.2, 0.25) is 0 Å². The van der Waals surface area contributed by atoms with Gasteiger partial charge in [-0.3, -0.25) is 9.53 Å². The minimum absolute atomic E-state index is 0.188. The van der Waals surface area contributed by atoms with Crippen LogP contribution in [0.3, 0.4) is 0 Å². The summed E-state index contributed by atoms with van der Waals surface area (Å²) in [7, 11) is 1.34. The molecule has 0 unspecified atom stereocenters. The number of ether oxygens (including phenoxy) is 3. The molecule has 184 valence electrons. The van der Waals surface area contributed by atoms with E-state index in [4.69, 9.17) is 9.47 Å². The normalized spacial score (nSPS) is 27.3. The standard InChI is InChI=1S/C26H28F4O4/c1-24(2,34-26(28,29)30)21-7-5-4-6-19(21)17-14-25(33-15-17)13-12-20(23(31)32-3)22(25)16-8-10-18(27)11-9-16/h4-11,17,20,22H,12-15H2,1-3H3/t17-,20-,22+,25+/m0/s1. The molecule has 34 heavy (non-hydrogen) atoms. The highest BCUT2D eigenvalue weighted by molar-refractivity contribution is 5.74. The second-order valence-electron chi connectivity index (χ2n) is 9.62. The molecule has 1 saturated heterocycles. The van der Waals surface area contributed by atoms with E-state index in [2.05, 4.69) is 4.74 Å². The highest BCUT2D eigenvalue weighted by atomic mass is 19.4. The van der Waals surface area contributed by atoms with Gasteiger partial charge >= 0.3 is 12.3 Å². The number of carbonyl (C=O) groups is 1. The first-order chi connectivity index (χ1) is 16.0. The van der Waals surface area contributed by atoms with Gasteiger partial charge < -0.3 is 9.47 Å². The Morgan fingerprint density at radius 1 is 1.09 bits per heavy atom. The average molecular weight is 480 g/mol. The molecule has 1 aliphatic carbocycles. The molecule has 0 N–H and O–H groups in total. The Morgan fingerprint density at radius 3 is 2.41 bits per heavy atom. The number of hydrogen-bond acceptors (Lipinski definition) is 4. The van der Waals surface area contributed by atoms with Crippen molar-refractivity contribution in [2.75, 3.05) is 13.7 Å². The lowest BCUT2D eigenvalue weighted by atomic mass is 9.75. The molecule has 8 heteroatoms. The third kappa shape index (κ3) is 4.70. The second-order valence-corrected chi connectivity index (χ2v) is 9.62. The Balaban J connectivity index is 1.68. The lowest BCUT2D eigenvalue weighted by Gasteiger charge is -2.34. The maximum atomic E-state index is 13.6. The third-order valence-corrected chi connectivity index (χ3v) is 7.16. The summed E-state index contributed by atoms with van der Waals surface area (Å²) < 4.78 is 68.8. The van der Waals surface area contributed by atoms with Crippen LogP contribution in [-0.4, -0.2) is 31.6 Å². The number of benzene rings is 2. The smallest absolute Gasteiger partial charge is 0.469 e. The predicted octanol–water partition coefficient (Wildman–Crippen LogP) is 6.21. The molecular weight excluding hydrogens is 452 g/mol. The average Bonchev–Trinajstić information content (AvgIpc) is 3.37. The summed E-state index contributed by atoms with van der Waals surface area (Å²) in [5.74, 6) is -1.71. The van der Waals surface area contributed by atoms with Gasteiger partial charge in [-0.05, 0) is 61.9 Å². The van der Waals surface area contributed by atoms with Gasteiger partial charge in [-0.1, -0.05) is 36.4 Å². The minimum Gasteiger partial charge on any atom is -0.469 e. The summed E-state index contributed by atoms with van der Waals surface area (Å²) in [6, 6.07) is 13.0. The Bertz CT molecular complexity index is 1030. The largest absolute Gasteiger partial charge is 0.523 e. The summed E-state index contributed by atoms with van der Waals surface area (Å²) in [6.45, 7) is 3.09. The number of rotatable bonds is 5. The SMILES string of the molecule is COC(=O)[C@H]1CC[C@@]2(C[C@H](c3ccccc3C(C)(C)OC(F)(F)F)CO2)[C@@H]1c1ccc(F)cc1. The topological polar surface area (TPSA) is 44.8 Å². The van der Waals surface area contributed by atoms with Gasteiger partial charge in [0.2, 0.25) is 0 Å². The predicted molar refractivity (Wildman–Crippen MR) is 117 cm³/mol. The van der Waals surface area contributed by atoms with Gasteiger partial charge in [0.15, 0.2) is 0 Å². The molecule has 0 bridgehead atoms. The fourth-order valence-electron chi connectivity index (χ4n) is 5.84. The summed E-state index contributed by atoms with van der Waals surface area (Å²) in [5.41, 5.74) is -0.343. The number of esters is 1.